The molecule has 6 heteroatoms. The van der Waals surface area contributed by atoms with Gasteiger partial charge in [0, 0.05) is 5.69 Å². The molecule has 0 aliphatic heterocycles. The van der Waals surface area contributed by atoms with Crippen LogP contribution in [0, 0.1) is 19.8 Å². The molecule has 0 aromatic heterocycles. The molecule has 1 aromatic rings. The average molecular weight is 316 g/mol. The normalized spacial score (nSPS) is 11.5. The Morgan fingerprint density at radius 2 is 1.81 bits per heavy atom. The first kappa shape index (κ1) is 20.6. The van der Waals surface area contributed by atoms with Gasteiger partial charge in [0.15, 0.2) is 0 Å². The van der Waals surface area contributed by atoms with E-state index in [-0.39, 0.29) is 57.3 Å². The molecule has 0 heterocycles. The zero-order chi connectivity index (χ0) is 15.3. The molecule has 1 unspecified atom stereocenters. The molecule has 0 aliphatic rings. The Morgan fingerprint density at radius 3 is 2.29 bits per heavy atom. The summed E-state index contributed by atoms with van der Waals surface area (Å²) >= 11 is 0. The van der Waals surface area contributed by atoms with Crippen LogP contribution in [0.4, 0.5) is 10.5 Å². The fourth-order valence-electron chi connectivity index (χ4n) is 1.83. The first-order valence-electron chi connectivity index (χ1n) is 6.65. The van der Waals surface area contributed by atoms with Crippen LogP contribution in [0.25, 0.3) is 0 Å². The van der Waals surface area contributed by atoms with E-state index in [1.54, 1.807) is 6.07 Å². The molecule has 2 N–H and O–H groups in total. The minimum Gasteiger partial charge on any atom is -0.548 e. The van der Waals surface area contributed by atoms with E-state index in [4.69, 9.17) is 0 Å². The van der Waals surface area contributed by atoms with Gasteiger partial charge in [0.2, 0.25) is 0 Å². The van der Waals surface area contributed by atoms with Gasteiger partial charge in [0.1, 0.15) is 0 Å². The zero-order valence-electron chi connectivity index (χ0n) is 13.3. The number of rotatable bonds is 5. The van der Waals surface area contributed by atoms with Crippen molar-refractivity contribution in [2.24, 2.45) is 5.92 Å². The molecule has 1 aromatic carbocycles. The van der Waals surface area contributed by atoms with Crippen LogP contribution >= 0.6 is 0 Å². The van der Waals surface area contributed by atoms with E-state index in [2.05, 4.69) is 10.6 Å². The SMILES string of the molecule is Cc1ccc(NC(=O)NC(CC(C)C)C(=O)[O-])cc1C.[K+]. The van der Waals surface area contributed by atoms with E-state index in [9.17, 15) is 14.7 Å². The van der Waals surface area contributed by atoms with Crippen molar-refractivity contribution in [2.75, 3.05) is 5.32 Å². The van der Waals surface area contributed by atoms with Gasteiger partial charge in [0.05, 0.1) is 12.0 Å². The molecule has 0 fully saturated rings. The van der Waals surface area contributed by atoms with Crippen LogP contribution in [0.3, 0.4) is 0 Å². The Hall–Kier alpha value is -0.404. The maximum atomic E-state index is 11.8. The van der Waals surface area contributed by atoms with Crippen molar-refractivity contribution < 1.29 is 66.1 Å². The molecular weight excluding hydrogens is 295 g/mol. The number of benzene rings is 1. The van der Waals surface area contributed by atoms with Gasteiger partial charge in [-0.15, -0.1) is 0 Å². The van der Waals surface area contributed by atoms with Crippen LogP contribution in [-0.2, 0) is 4.79 Å². The largest absolute Gasteiger partial charge is 1.00 e. The Bertz CT molecular complexity index is 504. The monoisotopic (exact) mass is 316 g/mol. The van der Waals surface area contributed by atoms with Crippen LogP contribution in [0.1, 0.15) is 31.4 Å². The second-order valence-corrected chi connectivity index (χ2v) is 5.40. The van der Waals surface area contributed by atoms with Crippen LogP contribution in [-0.4, -0.2) is 18.0 Å². The number of carboxylic acid groups (broad SMARTS) is 1. The van der Waals surface area contributed by atoms with Gasteiger partial charge in [0.25, 0.3) is 0 Å². The molecular formula is C15H21KN2O3. The Balaban J connectivity index is 0.00000400. The number of carbonyl (C=O) groups is 2. The predicted molar refractivity (Wildman–Crippen MR) is 76.3 cm³/mol. The van der Waals surface area contributed by atoms with E-state index in [1.807, 2.05) is 39.8 Å². The summed E-state index contributed by atoms with van der Waals surface area (Å²) in [6.07, 6.45) is 0.336. The number of hydrogen-bond acceptors (Lipinski definition) is 3. The summed E-state index contributed by atoms with van der Waals surface area (Å²) in [5, 5.41) is 16.0. The van der Waals surface area contributed by atoms with Crippen molar-refractivity contribution in [1.82, 2.24) is 5.32 Å². The number of aliphatic carboxylic acids is 1. The van der Waals surface area contributed by atoms with Crippen molar-refractivity contribution in [1.29, 1.82) is 0 Å². The van der Waals surface area contributed by atoms with Gasteiger partial charge in [-0.2, -0.15) is 0 Å². The smallest absolute Gasteiger partial charge is 0.548 e. The standard InChI is InChI=1S/C15H22N2O3.K/c1-9(2)7-13(14(18)19)17-15(20)16-12-6-5-10(3)11(4)8-12;/h5-6,8-9,13H,7H2,1-4H3,(H,18,19)(H2,16,17,20);/q;+1/p-1. The number of hydrogen-bond donors (Lipinski definition) is 2. The second-order valence-electron chi connectivity index (χ2n) is 5.40. The van der Waals surface area contributed by atoms with Gasteiger partial charge in [-0.25, -0.2) is 4.79 Å². The van der Waals surface area contributed by atoms with E-state index < -0.39 is 18.0 Å². The molecule has 0 aliphatic carbocycles. The fourth-order valence-corrected chi connectivity index (χ4v) is 1.83. The molecule has 0 radical (unpaired) electrons. The molecule has 1 rings (SSSR count). The first-order chi connectivity index (χ1) is 9.29. The van der Waals surface area contributed by atoms with Crippen molar-refractivity contribution >= 4 is 17.7 Å². The third kappa shape index (κ3) is 7.42. The van der Waals surface area contributed by atoms with Crippen LogP contribution < -0.4 is 67.1 Å². The van der Waals surface area contributed by atoms with Gasteiger partial charge < -0.3 is 20.5 Å². The number of urea groups is 1. The summed E-state index contributed by atoms with van der Waals surface area (Å²) in [5.41, 5.74) is 2.82. The van der Waals surface area contributed by atoms with Crippen molar-refractivity contribution in [3.8, 4) is 0 Å². The summed E-state index contributed by atoms with van der Waals surface area (Å²) in [5.74, 6) is -1.12. The number of carboxylic acids is 1. The van der Waals surface area contributed by atoms with Crippen molar-refractivity contribution in [2.45, 2.75) is 40.2 Å². The Labute approximate surface area is 168 Å². The second kappa shape index (κ2) is 9.58. The molecule has 0 saturated carbocycles. The van der Waals surface area contributed by atoms with Gasteiger partial charge in [-0.3, -0.25) is 0 Å². The summed E-state index contributed by atoms with van der Waals surface area (Å²) in [4.78, 5) is 22.8. The van der Waals surface area contributed by atoms with Crippen LogP contribution in [0.2, 0.25) is 0 Å². The molecule has 0 bridgehead atoms. The average Bonchev–Trinajstić information content (AvgIpc) is 2.32. The zero-order valence-corrected chi connectivity index (χ0v) is 16.4. The summed E-state index contributed by atoms with van der Waals surface area (Å²) < 4.78 is 0. The van der Waals surface area contributed by atoms with Gasteiger partial charge in [-0.05, 0) is 49.4 Å². The molecule has 5 nitrogen and oxygen atoms in total. The topological polar surface area (TPSA) is 81.3 Å². The van der Waals surface area contributed by atoms with E-state index in [0.717, 1.165) is 11.1 Å². The third-order valence-corrected chi connectivity index (χ3v) is 3.06. The number of anilines is 1. The minimum atomic E-state index is -1.27. The summed E-state index contributed by atoms with van der Waals surface area (Å²) in [6.45, 7) is 7.70. The fraction of sp³-hybridized carbons (Fsp3) is 0.467. The maximum Gasteiger partial charge on any atom is 1.00 e. The molecule has 1 atom stereocenters. The first-order valence-corrected chi connectivity index (χ1v) is 6.65. The number of aryl methyl sites for hydroxylation is 2. The summed E-state index contributed by atoms with van der Waals surface area (Å²) in [6, 6.07) is 3.99. The molecule has 21 heavy (non-hydrogen) atoms. The summed E-state index contributed by atoms with van der Waals surface area (Å²) in [7, 11) is 0. The Kier molecular flexibility index (Phi) is 9.40. The van der Waals surface area contributed by atoms with Crippen molar-refractivity contribution in [3.05, 3.63) is 29.3 Å². The van der Waals surface area contributed by atoms with Crippen LogP contribution in [0.15, 0.2) is 18.2 Å². The minimum absolute atomic E-state index is 0. The number of amides is 2. The predicted octanol–water partition coefficient (Wildman–Crippen LogP) is -1.41. The quantitative estimate of drug-likeness (QED) is 0.655. The van der Waals surface area contributed by atoms with Gasteiger partial charge >= 0.3 is 57.4 Å². The maximum absolute atomic E-state index is 11.8. The molecule has 0 saturated heterocycles. The third-order valence-electron chi connectivity index (χ3n) is 3.06. The van der Waals surface area contributed by atoms with E-state index in [0.29, 0.717) is 12.1 Å². The van der Waals surface area contributed by atoms with Gasteiger partial charge in [-0.1, -0.05) is 19.9 Å². The Morgan fingerprint density at radius 1 is 1.19 bits per heavy atom. The van der Waals surface area contributed by atoms with E-state index >= 15 is 0 Å². The van der Waals surface area contributed by atoms with Crippen molar-refractivity contribution in [3.63, 3.8) is 0 Å². The molecule has 2 amide bonds. The number of nitrogens with one attached hydrogen (secondary N) is 2. The van der Waals surface area contributed by atoms with Crippen LogP contribution in [0.5, 0.6) is 0 Å². The molecule has 0 spiro atoms. The number of carbonyl (C=O) groups excluding carboxylic acids is 2. The van der Waals surface area contributed by atoms with E-state index in [1.165, 1.54) is 0 Å². The molecule has 110 valence electrons.